The van der Waals surface area contributed by atoms with E-state index in [4.69, 9.17) is 10.5 Å². The predicted molar refractivity (Wildman–Crippen MR) is 105 cm³/mol. The van der Waals surface area contributed by atoms with Crippen molar-refractivity contribution in [3.8, 4) is 5.75 Å². The van der Waals surface area contributed by atoms with Gasteiger partial charge in [-0.2, -0.15) is 0 Å². The van der Waals surface area contributed by atoms with Gasteiger partial charge < -0.3 is 21.1 Å². The molecule has 0 fully saturated rings. The van der Waals surface area contributed by atoms with Gasteiger partial charge in [0.15, 0.2) is 0 Å². The maximum atomic E-state index is 12.5. The Morgan fingerprint density at radius 2 is 1.85 bits per heavy atom. The van der Waals surface area contributed by atoms with Crippen molar-refractivity contribution in [2.24, 2.45) is 5.73 Å². The number of anilines is 1. The van der Waals surface area contributed by atoms with E-state index in [1.54, 1.807) is 31.4 Å². The van der Waals surface area contributed by atoms with Gasteiger partial charge in [0.25, 0.3) is 5.91 Å². The highest BCUT2D eigenvalue weighted by molar-refractivity contribution is 8.00. The number of rotatable bonds is 8. The van der Waals surface area contributed by atoms with Crippen molar-refractivity contribution >= 4 is 29.3 Å². The lowest BCUT2D eigenvalue weighted by Crippen LogP contribution is -2.30. The molecule has 1 atom stereocenters. The van der Waals surface area contributed by atoms with Gasteiger partial charge >= 0.3 is 0 Å². The highest BCUT2D eigenvalue weighted by Gasteiger charge is 2.18. The van der Waals surface area contributed by atoms with Gasteiger partial charge in [-0.25, -0.2) is 0 Å². The standard InChI is InChI=1S/C19H23N3O3S/c1-13(26-15-9-7-14(25-2)8-10-15)18(23)22-17-6-4-3-5-16(17)19(24)21-12-11-20/h3-10,13H,11-12,20H2,1-2H3,(H,21,24)(H,22,23). The van der Waals surface area contributed by atoms with Gasteiger partial charge in [0, 0.05) is 18.0 Å². The average Bonchev–Trinajstić information content (AvgIpc) is 2.67. The highest BCUT2D eigenvalue weighted by Crippen LogP contribution is 2.26. The molecule has 0 heterocycles. The molecule has 0 saturated carbocycles. The lowest BCUT2D eigenvalue weighted by atomic mass is 10.1. The van der Waals surface area contributed by atoms with E-state index in [0.29, 0.717) is 24.3 Å². The summed E-state index contributed by atoms with van der Waals surface area (Å²) in [6.45, 7) is 2.56. The van der Waals surface area contributed by atoms with Crippen molar-refractivity contribution in [2.45, 2.75) is 17.1 Å². The minimum atomic E-state index is -0.330. The number of amides is 2. The quantitative estimate of drug-likeness (QED) is 0.618. The summed E-state index contributed by atoms with van der Waals surface area (Å²) >= 11 is 1.43. The Balaban J connectivity index is 2.03. The summed E-state index contributed by atoms with van der Waals surface area (Å²) in [5.74, 6) is 0.329. The molecule has 138 valence electrons. The Bertz CT molecular complexity index is 750. The Morgan fingerprint density at radius 3 is 2.50 bits per heavy atom. The zero-order valence-electron chi connectivity index (χ0n) is 14.8. The number of hydrogen-bond acceptors (Lipinski definition) is 5. The monoisotopic (exact) mass is 373 g/mol. The van der Waals surface area contributed by atoms with E-state index in [0.717, 1.165) is 10.6 Å². The smallest absolute Gasteiger partial charge is 0.253 e. The van der Waals surface area contributed by atoms with Crippen LogP contribution in [-0.2, 0) is 4.79 Å². The van der Waals surface area contributed by atoms with E-state index >= 15 is 0 Å². The summed E-state index contributed by atoms with van der Waals surface area (Å²) in [6.07, 6.45) is 0. The van der Waals surface area contributed by atoms with Crippen LogP contribution in [0, 0.1) is 0 Å². The van der Waals surface area contributed by atoms with Gasteiger partial charge in [-0.15, -0.1) is 11.8 Å². The van der Waals surface area contributed by atoms with E-state index in [1.165, 1.54) is 11.8 Å². The number of carbonyl (C=O) groups is 2. The lowest BCUT2D eigenvalue weighted by Gasteiger charge is -2.15. The minimum Gasteiger partial charge on any atom is -0.497 e. The van der Waals surface area contributed by atoms with Crippen molar-refractivity contribution in [2.75, 3.05) is 25.5 Å². The zero-order valence-corrected chi connectivity index (χ0v) is 15.6. The van der Waals surface area contributed by atoms with E-state index in [2.05, 4.69) is 10.6 Å². The second-order valence-corrected chi connectivity index (χ2v) is 6.93. The normalized spacial score (nSPS) is 11.5. The van der Waals surface area contributed by atoms with E-state index < -0.39 is 0 Å². The van der Waals surface area contributed by atoms with Gasteiger partial charge in [0.05, 0.1) is 23.6 Å². The number of benzene rings is 2. The molecule has 0 saturated heterocycles. The van der Waals surface area contributed by atoms with Gasteiger partial charge in [-0.3, -0.25) is 9.59 Å². The summed E-state index contributed by atoms with van der Waals surface area (Å²) in [5.41, 5.74) is 6.30. The maximum Gasteiger partial charge on any atom is 0.253 e. The second kappa shape index (κ2) is 9.84. The molecule has 4 N–H and O–H groups in total. The third-order valence-corrected chi connectivity index (χ3v) is 4.71. The van der Waals surface area contributed by atoms with E-state index in [-0.39, 0.29) is 17.1 Å². The summed E-state index contributed by atoms with van der Waals surface area (Å²) < 4.78 is 5.13. The first-order chi connectivity index (χ1) is 12.5. The summed E-state index contributed by atoms with van der Waals surface area (Å²) in [6, 6.07) is 14.4. The van der Waals surface area contributed by atoms with Crippen molar-refractivity contribution in [1.82, 2.24) is 5.32 Å². The zero-order chi connectivity index (χ0) is 18.9. The fourth-order valence-corrected chi connectivity index (χ4v) is 3.08. The Hall–Kier alpha value is -2.51. The number of carbonyl (C=O) groups excluding carboxylic acids is 2. The minimum absolute atomic E-state index is 0.176. The molecule has 0 aromatic heterocycles. The molecular weight excluding hydrogens is 350 g/mol. The van der Waals surface area contributed by atoms with Crippen molar-refractivity contribution in [3.63, 3.8) is 0 Å². The van der Waals surface area contributed by atoms with E-state index in [9.17, 15) is 9.59 Å². The molecule has 0 spiro atoms. The van der Waals surface area contributed by atoms with Crippen molar-refractivity contribution < 1.29 is 14.3 Å². The van der Waals surface area contributed by atoms with Crippen LogP contribution >= 0.6 is 11.8 Å². The van der Waals surface area contributed by atoms with Crippen LogP contribution in [0.4, 0.5) is 5.69 Å². The van der Waals surface area contributed by atoms with Gasteiger partial charge in [-0.05, 0) is 43.3 Å². The van der Waals surface area contributed by atoms with Crippen LogP contribution in [-0.4, -0.2) is 37.3 Å². The first-order valence-corrected chi connectivity index (χ1v) is 9.12. The molecule has 0 aliphatic carbocycles. The Kier molecular flexibility index (Phi) is 7.50. The third-order valence-electron chi connectivity index (χ3n) is 3.60. The molecule has 2 aromatic rings. The molecule has 0 aliphatic heterocycles. The molecule has 2 aromatic carbocycles. The maximum absolute atomic E-state index is 12.5. The molecule has 7 heteroatoms. The highest BCUT2D eigenvalue weighted by atomic mass is 32.2. The van der Waals surface area contributed by atoms with Crippen molar-refractivity contribution in [1.29, 1.82) is 0 Å². The summed E-state index contributed by atoms with van der Waals surface area (Å²) in [5, 5.41) is 5.21. The molecule has 2 rings (SSSR count). The molecule has 2 amide bonds. The second-order valence-electron chi connectivity index (χ2n) is 5.52. The Morgan fingerprint density at radius 1 is 1.15 bits per heavy atom. The van der Waals surface area contributed by atoms with Gasteiger partial charge in [0.1, 0.15) is 5.75 Å². The predicted octanol–water partition coefficient (Wildman–Crippen LogP) is 2.50. The van der Waals surface area contributed by atoms with Crippen LogP contribution in [0.1, 0.15) is 17.3 Å². The number of thioether (sulfide) groups is 1. The number of ether oxygens (including phenoxy) is 1. The summed E-state index contributed by atoms with van der Waals surface area (Å²) in [7, 11) is 1.61. The van der Waals surface area contributed by atoms with Gasteiger partial charge in [0.2, 0.25) is 5.91 Å². The van der Waals surface area contributed by atoms with Crippen LogP contribution in [0.25, 0.3) is 0 Å². The van der Waals surface area contributed by atoms with Crippen LogP contribution < -0.4 is 21.1 Å². The molecule has 0 radical (unpaired) electrons. The molecule has 26 heavy (non-hydrogen) atoms. The largest absolute Gasteiger partial charge is 0.497 e. The van der Waals surface area contributed by atoms with Crippen LogP contribution in [0.2, 0.25) is 0 Å². The van der Waals surface area contributed by atoms with E-state index in [1.807, 2.05) is 31.2 Å². The SMILES string of the molecule is COc1ccc(SC(C)C(=O)Nc2ccccc2C(=O)NCCN)cc1. The average molecular weight is 373 g/mol. The van der Waals surface area contributed by atoms with Crippen LogP contribution in [0.5, 0.6) is 5.75 Å². The number of para-hydroxylation sites is 1. The van der Waals surface area contributed by atoms with Crippen LogP contribution in [0.3, 0.4) is 0 Å². The third kappa shape index (κ3) is 5.50. The molecule has 6 nitrogen and oxygen atoms in total. The number of methoxy groups -OCH3 is 1. The molecular formula is C19H23N3O3S. The Labute approximate surface area is 157 Å². The first-order valence-electron chi connectivity index (χ1n) is 8.24. The molecule has 1 unspecified atom stereocenters. The first kappa shape index (κ1) is 19.8. The lowest BCUT2D eigenvalue weighted by molar-refractivity contribution is -0.115. The van der Waals surface area contributed by atoms with Crippen LogP contribution in [0.15, 0.2) is 53.4 Å². The topological polar surface area (TPSA) is 93.4 Å². The molecule has 0 aliphatic rings. The number of hydrogen-bond donors (Lipinski definition) is 3. The van der Waals surface area contributed by atoms with Crippen molar-refractivity contribution in [3.05, 3.63) is 54.1 Å². The fraction of sp³-hybridized carbons (Fsp3) is 0.263. The van der Waals surface area contributed by atoms with Gasteiger partial charge in [-0.1, -0.05) is 12.1 Å². The number of nitrogens with one attached hydrogen (secondary N) is 2. The fourth-order valence-electron chi connectivity index (χ4n) is 2.22. The number of nitrogens with two attached hydrogens (primary N) is 1. The molecule has 0 bridgehead atoms. The summed E-state index contributed by atoms with van der Waals surface area (Å²) in [4.78, 5) is 25.7.